The summed E-state index contributed by atoms with van der Waals surface area (Å²) in [6.07, 6.45) is 0.561. The zero-order chi connectivity index (χ0) is 15.2. The molecule has 0 radical (unpaired) electrons. The number of hydrogen-bond donors (Lipinski definition) is 1. The van der Waals surface area contributed by atoms with Crippen LogP contribution in [0.2, 0.25) is 5.02 Å². The number of hydrogen-bond acceptors (Lipinski definition) is 3. The second-order valence-electron chi connectivity index (χ2n) is 5.56. The lowest BCUT2D eigenvalue weighted by molar-refractivity contribution is -0.132. The highest BCUT2D eigenvalue weighted by Gasteiger charge is 2.19. The third-order valence-corrected chi connectivity index (χ3v) is 4.51. The minimum atomic E-state index is 0.203. The number of carbonyl (C=O) groups excluding carboxylic acids is 1. The molecule has 2 rings (SSSR count). The summed E-state index contributed by atoms with van der Waals surface area (Å²) in [7, 11) is 2.04. The van der Waals surface area contributed by atoms with Gasteiger partial charge in [0.2, 0.25) is 5.91 Å². The van der Waals surface area contributed by atoms with Crippen molar-refractivity contribution in [2.24, 2.45) is 0 Å². The van der Waals surface area contributed by atoms with Crippen LogP contribution in [-0.4, -0.2) is 55.5 Å². The first-order valence-corrected chi connectivity index (χ1v) is 7.90. The second-order valence-corrected chi connectivity index (χ2v) is 5.97. The number of amides is 1. The minimum absolute atomic E-state index is 0.203. The van der Waals surface area contributed by atoms with Crippen LogP contribution in [-0.2, 0) is 4.79 Å². The van der Waals surface area contributed by atoms with Crippen molar-refractivity contribution >= 4 is 17.5 Å². The molecule has 1 unspecified atom stereocenters. The van der Waals surface area contributed by atoms with Crippen LogP contribution in [0.1, 0.15) is 24.9 Å². The fourth-order valence-electron chi connectivity index (χ4n) is 2.59. The standard InChI is InChI=1S/C16H24ClN3O/c1-13(14-5-3-4-6-15(14)17)19(2)10-7-16(21)20-11-8-18-9-12-20/h3-6,13,18H,7-12H2,1-2H3. The second kappa shape index (κ2) is 7.78. The third kappa shape index (κ3) is 4.43. The van der Waals surface area contributed by atoms with E-state index in [0.29, 0.717) is 6.42 Å². The van der Waals surface area contributed by atoms with Crippen molar-refractivity contribution in [3.05, 3.63) is 34.9 Å². The summed E-state index contributed by atoms with van der Waals surface area (Å²) in [4.78, 5) is 16.3. The van der Waals surface area contributed by atoms with Gasteiger partial charge in [0.05, 0.1) is 0 Å². The molecule has 0 spiro atoms. The molecule has 1 heterocycles. The Labute approximate surface area is 132 Å². The zero-order valence-electron chi connectivity index (χ0n) is 12.8. The van der Waals surface area contributed by atoms with Crippen molar-refractivity contribution in [2.75, 3.05) is 39.8 Å². The van der Waals surface area contributed by atoms with Crippen LogP contribution < -0.4 is 5.32 Å². The Morgan fingerprint density at radius 2 is 2.05 bits per heavy atom. The van der Waals surface area contributed by atoms with Gasteiger partial charge < -0.3 is 10.2 Å². The maximum Gasteiger partial charge on any atom is 0.223 e. The number of nitrogens with zero attached hydrogens (tertiary/aromatic N) is 2. The number of carbonyl (C=O) groups is 1. The summed E-state index contributed by atoms with van der Waals surface area (Å²) in [5.41, 5.74) is 1.11. The molecule has 116 valence electrons. The monoisotopic (exact) mass is 309 g/mol. The summed E-state index contributed by atoms with van der Waals surface area (Å²) in [5.74, 6) is 0.245. The largest absolute Gasteiger partial charge is 0.340 e. The molecule has 1 N–H and O–H groups in total. The lowest BCUT2D eigenvalue weighted by atomic mass is 10.1. The molecular formula is C16H24ClN3O. The molecule has 0 aromatic heterocycles. The third-order valence-electron chi connectivity index (χ3n) is 4.16. The molecular weight excluding hydrogens is 286 g/mol. The highest BCUT2D eigenvalue weighted by Crippen LogP contribution is 2.26. The Morgan fingerprint density at radius 3 is 2.71 bits per heavy atom. The maximum atomic E-state index is 12.2. The van der Waals surface area contributed by atoms with E-state index in [1.165, 1.54) is 0 Å². The predicted molar refractivity (Wildman–Crippen MR) is 86.6 cm³/mol. The van der Waals surface area contributed by atoms with Crippen LogP contribution in [0.4, 0.5) is 0 Å². The van der Waals surface area contributed by atoms with Gasteiger partial charge >= 0.3 is 0 Å². The molecule has 1 amide bonds. The Balaban J connectivity index is 1.85. The Hall–Kier alpha value is -1.10. The summed E-state index contributed by atoms with van der Waals surface area (Å²) in [5, 5.41) is 4.04. The van der Waals surface area contributed by atoms with E-state index in [9.17, 15) is 4.79 Å². The first-order valence-electron chi connectivity index (χ1n) is 7.52. The van der Waals surface area contributed by atoms with E-state index in [1.54, 1.807) is 0 Å². The average molecular weight is 310 g/mol. The summed E-state index contributed by atoms with van der Waals surface area (Å²) in [6, 6.07) is 8.09. The predicted octanol–water partition coefficient (Wildman–Crippen LogP) is 2.15. The van der Waals surface area contributed by atoms with Crippen LogP contribution in [0.5, 0.6) is 0 Å². The zero-order valence-corrected chi connectivity index (χ0v) is 13.6. The van der Waals surface area contributed by atoms with Gasteiger partial charge in [-0.2, -0.15) is 0 Å². The Bertz CT molecular complexity index is 474. The maximum absolute atomic E-state index is 12.2. The molecule has 1 aromatic carbocycles. The van der Waals surface area contributed by atoms with Crippen molar-refractivity contribution in [2.45, 2.75) is 19.4 Å². The quantitative estimate of drug-likeness (QED) is 0.905. The van der Waals surface area contributed by atoms with Crippen LogP contribution in [0.3, 0.4) is 0 Å². The molecule has 0 bridgehead atoms. The Kier molecular flexibility index (Phi) is 6.03. The molecule has 0 aliphatic carbocycles. The summed E-state index contributed by atoms with van der Waals surface area (Å²) in [6.45, 7) is 6.31. The van der Waals surface area contributed by atoms with E-state index in [-0.39, 0.29) is 11.9 Å². The van der Waals surface area contributed by atoms with E-state index < -0.39 is 0 Å². The van der Waals surface area contributed by atoms with Crippen LogP contribution in [0, 0.1) is 0 Å². The van der Waals surface area contributed by atoms with E-state index in [0.717, 1.165) is 43.3 Å². The van der Waals surface area contributed by atoms with Gasteiger partial charge in [-0.15, -0.1) is 0 Å². The highest BCUT2D eigenvalue weighted by molar-refractivity contribution is 6.31. The van der Waals surface area contributed by atoms with E-state index in [2.05, 4.69) is 17.1 Å². The van der Waals surface area contributed by atoms with E-state index in [4.69, 9.17) is 11.6 Å². The van der Waals surface area contributed by atoms with Gasteiger partial charge in [-0.1, -0.05) is 29.8 Å². The average Bonchev–Trinajstić information content (AvgIpc) is 2.53. The van der Waals surface area contributed by atoms with Gasteiger partial charge in [-0.25, -0.2) is 0 Å². The van der Waals surface area contributed by atoms with Gasteiger partial charge in [0, 0.05) is 50.2 Å². The van der Waals surface area contributed by atoms with Gasteiger partial charge in [0.1, 0.15) is 0 Å². The van der Waals surface area contributed by atoms with Gasteiger partial charge in [0.25, 0.3) is 0 Å². The highest BCUT2D eigenvalue weighted by atomic mass is 35.5. The van der Waals surface area contributed by atoms with E-state index >= 15 is 0 Å². The first-order chi connectivity index (χ1) is 10.1. The number of benzene rings is 1. The lowest BCUT2D eigenvalue weighted by Crippen LogP contribution is -2.47. The molecule has 1 saturated heterocycles. The molecule has 1 aromatic rings. The number of halogens is 1. The fraction of sp³-hybridized carbons (Fsp3) is 0.562. The smallest absolute Gasteiger partial charge is 0.223 e. The first kappa shape index (κ1) is 16.3. The van der Waals surface area contributed by atoms with Gasteiger partial charge in [-0.05, 0) is 25.6 Å². The molecule has 0 saturated carbocycles. The molecule has 1 aliphatic rings. The van der Waals surface area contributed by atoms with Gasteiger partial charge in [0.15, 0.2) is 0 Å². The topological polar surface area (TPSA) is 35.6 Å². The lowest BCUT2D eigenvalue weighted by Gasteiger charge is -2.30. The van der Waals surface area contributed by atoms with Gasteiger partial charge in [-0.3, -0.25) is 9.69 Å². The number of piperazine rings is 1. The summed E-state index contributed by atoms with van der Waals surface area (Å²) >= 11 is 6.24. The number of rotatable bonds is 5. The van der Waals surface area contributed by atoms with Crippen LogP contribution >= 0.6 is 11.6 Å². The van der Waals surface area contributed by atoms with Crippen LogP contribution in [0.15, 0.2) is 24.3 Å². The summed E-state index contributed by atoms with van der Waals surface area (Å²) < 4.78 is 0. The number of nitrogens with one attached hydrogen (secondary N) is 1. The molecule has 1 atom stereocenters. The van der Waals surface area contributed by atoms with Crippen LogP contribution in [0.25, 0.3) is 0 Å². The molecule has 5 heteroatoms. The fourth-order valence-corrected chi connectivity index (χ4v) is 2.88. The van der Waals surface area contributed by atoms with Crippen molar-refractivity contribution in [1.82, 2.24) is 15.1 Å². The van der Waals surface area contributed by atoms with Crippen molar-refractivity contribution < 1.29 is 4.79 Å². The SMILES string of the molecule is CC(c1ccccc1Cl)N(C)CCC(=O)N1CCNCC1. The Morgan fingerprint density at radius 1 is 1.38 bits per heavy atom. The minimum Gasteiger partial charge on any atom is -0.340 e. The molecule has 21 heavy (non-hydrogen) atoms. The molecule has 4 nitrogen and oxygen atoms in total. The van der Waals surface area contributed by atoms with Crippen molar-refractivity contribution in [1.29, 1.82) is 0 Å². The van der Waals surface area contributed by atoms with E-state index in [1.807, 2.05) is 36.2 Å². The molecule has 1 fully saturated rings. The van der Waals surface area contributed by atoms with Crippen molar-refractivity contribution in [3.8, 4) is 0 Å². The molecule has 1 aliphatic heterocycles. The van der Waals surface area contributed by atoms with Crippen molar-refractivity contribution in [3.63, 3.8) is 0 Å². The normalized spacial score (nSPS) is 17.0.